The fraction of sp³-hybridized carbons (Fsp3) is 0.500. The van der Waals surface area contributed by atoms with Crippen LogP contribution >= 0.6 is 0 Å². The Labute approximate surface area is 146 Å². The van der Waals surface area contributed by atoms with Gasteiger partial charge in [-0.15, -0.1) is 0 Å². The molecule has 5 rings (SSSR count). The second-order valence-corrected chi connectivity index (χ2v) is 7.03. The third-order valence-corrected chi connectivity index (χ3v) is 5.47. The maximum atomic E-state index is 11.9. The first-order valence-corrected chi connectivity index (χ1v) is 9.11. The van der Waals surface area contributed by atoms with Crippen LogP contribution in [0.1, 0.15) is 12.8 Å². The van der Waals surface area contributed by atoms with Gasteiger partial charge in [-0.1, -0.05) is 12.1 Å². The van der Waals surface area contributed by atoms with Crippen molar-refractivity contribution >= 4 is 28.7 Å². The van der Waals surface area contributed by atoms with Gasteiger partial charge in [-0.25, -0.2) is 14.8 Å². The molecule has 1 atom stereocenters. The summed E-state index contributed by atoms with van der Waals surface area (Å²) in [5.74, 6) is 1.97. The topological polar surface area (TPSA) is 64.6 Å². The van der Waals surface area contributed by atoms with Crippen molar-refractivity contribution in [2.75, 3.05) is 49.1 Å². The van der Waals surface area contributed by atoms with Crippen molar-refractivity contribution in [2.24, 2.45) is 0 Å². The fourth-order valence-corrected chi connectivity index (χ4v) is 4.13. The summed E-state index contributed by atoms with van der Waals surface area (Å²) in [6.07, 6.45) is 2.42. The number of rotatable bonds is 2. The fourth-order valence-electron chi connectivity index (χ4n) is 4.13. The van der Waals surface area contributed by atoms with E-state index in [-0.39, 0.29) is 12.1 Å². The normalized spacial score (nSPS) is 23.3. The van der Waals surface area contributed by atoms with Crippen molar-refractivity contribution in [3.8, 4) is 0 Å². The second-order valence-electron chi connectivity index (χ2n) is 7.03. The van der Waals surface area contributed by atoms with Gasteiger partial charge in [0.2, 0.25) is 0 Å². The van der Waals surface area contributed by atoms with Gasteiger partial charge < -0.3 is 20.0 Å². The van der Waals surface area contributed by atoms with E-state index in [1.54, 1.807) is 0 Å². The summed E-state index contributed by atoms with van der Waals surface area (Å²) < 4.78 is 0. The number of fused-ring (bicyclic) bond motifs is 2. The number of hydrogen-bond donors (Lipinski definition) is 1. The minimum Gasteiger partial charge on any atom is -0.354 e. The molecule has 25 heavy (non-hydrogen) atoms. The first-order valence-electron chi connectivity index (χ1n) is 9.11. The third-order valence-electron chi connectivity index (χ3n) is 5.47. The summed E-state index contributed by atoms with van der Waals surface area (Å²) in [5, 5.41) is 2.95. The van der Waals surface area contributed by atoms with Crippen LogP contribution in [0.15, 0.2) is 24.3 Å². The first kappa shape index (κ1) is 14.7. The number of hydrogen-bond acceptors (Lipinski definition) is 5. The van der Waals surface area contributed by atoms with Crippen molar-refractivity contribution in [2.45, 2.75) is 18.9 Å². The molecule has 0 aliphatic carbocycles. The zero-order valence-electron chi connectivity index (χ0n) is 14.2. The summed E-state index contributed by atoms with van der Waals surface area (Å²) in [6, 6.07) is 8.36. The monoisotopic (exact) mass is 338 g/mol. The van der Waals surface area contributed by atoms with E-state index in [2.05, 4.69) is 15.1 Å². The molecule has 1 unspecified atom stereocenters. The lowest BCUT2D eigenvalue weighted by atomic mass is 10.2. The van der Waals surface area contributed by atoms with Gasteiger partial charge >= 0.3 is 6.03 Å². The molecule has 2 aromatic rings. The molecule has 3 aliphatic heterocycles. The van der Waals surface area contributed by atoms with Crippen molar-refractivity contribution in [1.29, 1.82) is 0 Å². The average molecular weight is 338 g/mol. The Kier molecular flexibility index (Phi) is 3.39. The van der Waals surface area contributed by atoms with Crippen LogP contribution < -0.4 is 15.1 Å². The zero-order valence-corrected chi connectivity index (χ0v) is 14.2. The molecule has 0 saturated carbocycles. The minimum absolute atomic E-state index is 0.0639. The van der Waals surface area contributed by atoms with E-state index in [9.17, 15) is 4.79 Å². The van der Waals surface area contributed by atoms with Gasteiger partial charge in [0, 0.05) is 39.3 Å². The van der Waals surface area contributed by atoms with Gasteiger partial charge in [-0.05, 0) is 25.0 Å². The molecule has 4 heterocycles. The number of carbonyl (C=O) groups is 1. The summed E-state index contributed by atoms with van der Waals surface area (Å²) >= 11 is 0. The molecule has 7 heteroatoms. The highest BCUT2D eigenvalue weighted by Crippen LogP contribution is 2.32. The number of amides is 2. The van der Waals surface area contributed by atoms with Crippen LogP contribution in [0.25, 0.3) is 11.0 Å². The van der Waals surface area contributed by atoms with E-state index in [1.807, 2.05) is 29.2 Å². The number of nitrogens with zero attached hydrogens (tertiary/aromatic N) is 5. The minimum atomic E-state index is 0.0639. The van der Waals surface area contributed by atoms with Gasteiger partial charge in [0.1, 0.15) is 0 Å². The first-order chi connectivity index (χ1) is 12.3. The van der Waals surface area contributed by atoms with Gasteiger partial charge in [0.25, 0.3) is 0 Å². The molecule has 3 saturated heterocycles. The Hall–Kier alpha value is -2.57. The lowest BCUT2D eigenvalue weighted by molar-refractivity contribution is 0.197. The van der Waals surface area contributed by atoms with E-state index in [0.29, 0.717) is 0 Å². The Balaban J connectivity index is 1.54. The lowest BCUT2D eigenvalue weighted by Crippen LogP contribution is -2.52. The predicted molar refractivity (Wildman–Crippen MR) is 97.1 cm³/mol. The van der Waals surface area contributed by atoms with Crippen LogP contribution in [0.3, 0.4) is 0 Å². The molecule has 3 aliphatic rings. The number of anilines is 2. The van der Waals surface area contributed by atoms with E-state index in [0.717, 1.165) is 61.9 Å². The number of carbonyl (C=O) groups excluding carboxylic acids is 1. The maximum Gasteiger partial charge on any atom is 0.317 e. The Bertz CT molecular complexity index is 818. The van der Waals surface area contributed by atoms with E-state index >= 15 is 0 Å². The van der Waals surface area contributed by atoms with Crippen LogP contribution in [0.4, 0.5) is 16.4 Å². The number of piperazine rings is 1. The number of aromatic nitrogens is 2. The molecular weight excluding hydrogens is 316 g/mol. The highest BCUT2D eigenvalue weighted by Gasteiger charge is 2.37. The molecule has 0 bridgehead atoms. The highest BCUT2D eigenvalue weighted by atomic mass is 16.2. The Morgan fingerprint density at radius 2 is 1.60 bits per heavy atom. The molecule has 0 spiro atoms. The van der Waals surface area contributed by atoms with E-state index < -0.39 is 0 Å². The molecule has 7 nitrogen and oxygen atoms in total. The molecule has 1 N–H and O–H groups in total. The summed E-state index contributed by atoms with van der Waals surface area (Å²) in [5.41, 5.74) is 1.88. The van der Waals surface area contributed by atoms with Crippen molar-refractivity contribution < 1.29 is 4.79 Å². The Morgan fingerprint density at radius 3 is 2.32 bits per heavy atom. The van der Waals surface area contributed by atoms with Crippen molar-refractivity contribution in [1.82, 2.24) is 20.2 Å². The number of para-hydroxylation sites is 2. The molecule has 0 radical (unpaired) electrons. The highest BCUT2D eigenvalue weighted by molar-refractivity contribution is 5.82. The molecular formula is C18H22N6O. The van der Waals surface area contributed by atoms with E-state index in [4.69, 9.17) is 9.97 Å². The smallest absolute Gasteiger partial charge is 0.317 e. The number of nitrogens with one attached hydrogen (secondary N) is 1. The standard InChI is InChI=1S/C18H22N6O/c25-18-19-11-13-12-23(9-10-24(13)18)17-16(22-7-3-4-8-22)20-14-5-1-2-6-15(14)21-17/h1-2,5-6,13H,3-4,7-12H2,(H,19,25). The average Bonchev–Trinajstić information content (AvgIpc) is 3.31. The predicted octanol–water partition coefficient (Wildman–Crippen LogP) is 1.44. The molecule has 130 valence electrons. The van der Waals surface area contributed by atoms with Crippen molar-refractivity contribution in [3.05, 3.63) is 24.3 Å². The SMILES string of the molecule is O=C1NCC2CN(c3nc4ccccc4nc3N3CCCC3)CCN12. The molecule has 1 aromatic heterocycles. The van der Waals surface area contributed by atoms with Crippen LogP contribution in [0.5, 0.6) is 0 Å². The van der Waals surface area contributed by atoms with Crippen molar-refractivity contribution in [3.63, 3.8) is 0 Å². The van der Waals surface area contributed by atoms with Gasteiger partial charge in [0.15, 0.2) is 11.6 Å². The summed E-state index contributed by atoms with van der Waals surface area (Å²) in [7, 11) is 0. The summed E-state index contributed by atoms with van der Waals surface area (Å²) in [4.78, 5) is 28.4. The Morgan fingerprint density at radius 1 is 0.920 bits per heavy atom. The van der Waals surface area contributed by atoms with E-state index in [1.165, 1.54) is 12.8 Å². The number of urea groups is 1. The second kappa shape index (κ2) is 5.75. The quantitative estimate of drug-likeness (QED) is 0.898. The largest absolute Gasteiger partial charge is 0.354 e. The maximum absolute atomic E-state index is 11.9. The molecule has 3 fully saturated rings. The van der Waals surface area contributed by atoms with Gasteiger partial charge in [-0.2, -0.15) is 0 Å². The van der Waals surface area contributed by atoms with Crippen LogP contribution in [-0.2, 0) is 0 Å². The molecule has 1 aromatic carbocycles. The van der Waals surface area contributed by atoms with Gasteiger partial charge in [0.05, 0.1) is 17.1 Å². The summed E-state index contributed by atoms with van der Waals surface area (Å²) in [6.45, 7) is 5.16. The van der Waals surface area contributed by atoms with Crippen LogP contribution in [0.2, 0.25) is 0 Å². The van der Waals surface area contributed by atoms with Gasteiger partial charge in [-0.3, -0.25) is 0 Å². The number of benzene rings is 1. The van der Waals surface area contributed by atoms with Crippen LogP contribution in [0, 0.1) is 0 Å². The zero-order chi connectivity index (χ0) is 16.8. The molecule has 2 amide bonds. The van der Waals surface area contributed by atoms with Crippen LogP contribution in [-0.4, -0.2) is 66.2 Å². The third kappa shape index (κ3) is 2.45. The lowest BCUT2D eigenvalue weighted by Gasteiger charge is -2.38.